The molecule has 1 fully saturated rings. The monoisotopic (exact) mass is 552 g/mol. The quantitative estimate of drug-likeness (QED) is 0.497. The van der Waals surface area contributed by atoms with E-state index < -0.39 is 0 Å². The molecule has 0 saturated carbocycles. The Labute approximate surface area is 238 Å². The smallest absolute Gasteiger partial charge is 0.252 e. The van der Waals surface area contributed by atoms with Gasteiger partial charge in [0.2, 0.25) is 5.91 Å². The van der Waals surface area contributed by atoms with E-state index in [1.54, 1.807) is 14.2 Å². The molecular weight excluding hydrogens is 508 g/mol. The Hall–Kier alpha value is -3.14. The topological polar surface area (TPSA) is 74.8 Å². The van der Waals surface area contributed by atoms with E-state index in [0.29, 0.717) is 38.6 Å². The number of ether oxygens (including phenoxy) is 3. The zero-order chi connectivity index (χ0) is 28.3. The highest BCUT2D eigenvalue weighted by molar-refractivity contribution is 5.95. The molecule has 1 saturated heterocycles. The van der Waals surface area contributed by atoms with Gasteiger partial charge in [0.1, 0.15) is 12.4 Å². The number of benzene rings is 2. The van der Waals surface area contributed by atoms with Crippen molar-refractivity contribution in [2.24, 2.45) is 0 Å². The zero-order valence-corrected chi connectivity index (χ0v) is 24.2. The number of carbonyl (C=O) groups is 2. The van der Waals surface area contributed by atoms with Gasteiger partial charge in [-0.15, -0.1) is 0 Å². The Kier molecular flexibility index (Phi) is 11.2. The molecule has 9 nitrogen and oxygen atoms in total. The highest BCUT2D eigenvalue weighted by Gasteiger charge is 2.27. The lowest BCUT2D eigenvalue weighted by Gasteiger charge is -2.36. The van der Waals surface area contributed by atoms with Crippen LogP contribution in [0.15, 0.2) is 48.5 Å². The van der Waals surface area contributed by atoms with Crippen molar-refractivity contribution in [2.45, 2.75) is 38.3 Å². The maximum atomic E-state index is 13.8. The molecule has 0 aliphatic carbocycles. The van der Waals surface area contributed by atoms with Crippen LogP contribution in [0, 0.1) is 0 Å². The molecule has 2 aliphatic rings. The molecule has 0 atom stereocenters. The minimum atomic E-state index is -0.0666. The van der Waals surface area contributed by atoms with Gasteiger partial charge in [0.05, 0.1) is 12.8 Å². The largest absolute Gasteiger partial charge is 0.495 e. The second-order valence-electron chi connectivity index (χ2n) is 10.5. The van der Waals surface area contributed by atoms with Crippen molar-refractivity contribution in [1.82, 2.24) is 9.80 Å². The molecule has 4 rings (SSSR count). The molecule has 0 unspecified atom stereocenters. The maximum Gasteiger partial charge on any atom is 0.252 e. The highest BCUT2D eigenvalue weighted by atomic mass is 16.5. The molecular formula is C31H44N4O5. The summed E-state index contributed by atoms with van der Waals surface area (Å²) in [6.07, 6.45) is 3.20. The standard InChI is InChI=1S/C31H44N4O5/c1-32(28-11-6-7-12-29(28)39-3)18-13-30(36)34-20-19-33(26-14-21-40-22-15-26)16-8-17-35(31(37)24-38-2)27-10-5-4-9-25(27)23-34/h4-7,9-12,26H,8,13-24H2,1-3H3. The Balaban J connectivity index is 1.56. The lowest BCUT2D eigenvalue weighted by molar-refractivity contribution is -0.132. The molecule has 0 aromatic heterocycles. The van der Waals surface area contributed by atoms with Crippen LogP contribution >= 0.6 is 0 Å². The number of amides is 2. The van der Waals surface area contributed by atoms with Crippen molar-refractivity contribution >= 4 is 23.2 Å². The lowest BCUT2D eigenvalue weighted by Crippen LogP contribution is -2.45. The SMILES string of the molecule is COCC(=O)N1CCCN(C2CCOCC2)CCN(C(=O)CCN(C)c2ccccc2OC)Cc2ccccc21. The summed E-state index contributed by atoms with van der Waals surface area (Å²) in [6.45, 7) is 5.48. The number of para-hydroxylation sites is 3. The predicted molar refractivity (Wildman–Crippen MR) is 157 cm³/mol. The summed E-state index contributed by atoms with van der Waals surface area (Å²) in [7, 11) is 5.19. The molecule has 2 aliphatic heterocycles. The average molecular weight is 553 g/mol. The molecule has 2 aromatic carbocycles. The predicted octanol–water partition coefficient (Wildman–Crippen LogP) is 3.41. The van der Waals surface area contributed by atoms with Gasteiger partial charge >= 0.3 is 0 Å². The minimum absolute atomic E-state index is 0.0238. The van der Waals surface area contributed by atoms with Gasteiger partial charge in [-0.05, 0) is 43.0 Å². The maximum absolute atomic E-state index is 13.8. The molecule has 0 N–H and O–H groups in total. The third kappa shape index (κ3) is 7.74. The van der Waals surface area contributed by atoms with Gasteiger partial charge in [-0.1, -0.05) is 30.3 Å². The van der Waals surface area contributed by atoms with Crippen molar-refractivity contribution in [2.75, 3.05) is 83.6 Å². The molecule has 9 heteroatoms. The summed E-state index contributed by atoms with van der Waals surface area (Å²) in [6, 6.07) is 16.2. The number of carbonyl (C=O) groups excluding carboxylic acids is 2. The molecule has 0 spiro atoms. The van der Waals surface area contributed by atoms with Crippen LogP contribution < -0.4 is 14.5 Å². The first-order valence-electron chi connectivity index (χ1n) is 14.3. The number of nitrogens with zero attached hydrogens (tertiary/aromatic N) is 4. The van der Waals surface area contributed by atoms with Gasteiger partial charge in [-0.25, -0.2) is 0 Å². The number of hydrogen-bond acceptors (Lipinski definition) is 7. The molecule has 0 radical (unpaired) electrons. The number of methoxy groups -OCH3 is 2. The summed E-state index contributed by atoms with van der Waals surface area (Å²) in [5.41, 5.74) is 2.78. The second kappa shape index (κ2) is 15.0. The molecule has 0 bridgehead atoms. The first-order chi connectivity index (χ1) is 19.5. The van der Waals surface area contributed by atoms with Crippen molar-refractivity contribution in [3.63, 3.8) is 0 Å². The molecule has 218 valence electrons. The van der Waals surface area contributed by atoms with Crippen LogP contribution in [-0.2, 0) is 25.6 Å². The van der Waals surface area contributed by atoms with Gasteiger partial charge < -0.3 is 28.9 Å². The molecule has 2 heterocycles. The fraction of sp³-hybridized carbons (Fsp3) is 0.548. The van der Waals surface area contributed by atoms with E-state index in [2.05, 4.69) is 9.80 Å². The van der Waals surface area contributed by atoms with Gasteiger partial charge in [-0.3, -0.25) is 14.5 Å². The van der Waals surface area contributed by atoms with E-state index in [0.717, 1.165) is 68.3 Å². The summed E-state index contributed by atoms with van der Waals surface area (Å²) in [4.78, 5) is 35.3. The summed E-state index contributed by atoms with van der Waals surface area (Å²) in [5.74, 6) is 0.815. The van der Waals surface area contributed by atoms with E-state index in [4.69, 9.17) is 14.2 Å². The normalized spacial score (nSPS) is 17.6. The Morgan fingerprint density at radius 2 is 1.70 bits per heavy atom. The fourth-order valence-electron chi connectivity index (χ4n) is 5.68. The van der Waals surface area contributed by atoms with Crippen molar-refractivity contribution in [3.05, 3.63) is 54.1 Å². The van der Waals surface area contributed by atoms with Crippen LogP contribution in [0.3, 0.4) is 0 Å². The van der Waals surface area contributed by atoms with Gasteiger partial charge in [0, 0.05) is 84.8 Å². The van der Waals surface area contributed by atoms with Gasteiger partial charge in [0.25, 0.3) is 5.91 Å². The third-order valence-electron chi connectivity index (χ3n) is 7.91. The summed E-state index contributed by atoms with van der Waals surface area (Å²) < 4.78 is 16.4. The fourth-order valence-corrected chi connectivity index (χ4v) is 5.68. The van der Waals surface area contributed by atoms with Crippen molar-refractivity contribution < 1.29 is 23.8 Å². The van der Waals surface area contributed by atoms with Crippen LogP contribution in [-0.4, -0.2) is 101 Å². The highest BCUT2D eigenvalue weighted by Crippen LogP contribution is 2.28. The third-order valence-corrected chi connectivity index (χ3v) is 7.91. The van der Waals surface area contributed by atoms with E-state index >= 15 is 0 Å². The Morgan fingerprint density at radius 1 is 0.950 bits per heavy atom. The van der Waals surface area contributed by atoms with E-state index in [1.807, 2.05) is 65.4 Å². The van der Waals surface area contributed by atoms with Crippen LogP contribution in [0.25, 0.3) is 0 Å². The average Bonchev–Trinajstić information content (AvgIpc) is 3.03. The van der Waals surface area contributed by atoms with Crippen LogP contribution in [0.5, 0.6) is 5.75 Å². The molecule has 2 amide bonds. The number of fused-ring (bicyclic) bond motifs is 1. The Bertz CT molecular complexity index is 1110. The number of anilines is 2. The zero-order valence-electron chi connectivity index (χ0n) is 24.2. The molecule has 40 heavy (non-hydrogen) atoms. The second-order valence-corrected chi connectivity index (χ2v) is 10.5. The van der Waals surface area contributed by atoms with E-state index in [9.17, 15) is 9.59 Å². The first kappa shape index (κ1) is 29.8. The van der Waals surface area contributed by atoms with Crippen molar-refractivity contribution in [1.29, 1.82) is 0 Å². The van der Waals surface area contributed by atoms with Crippen molar-refractivity contribution in [3.8, 4) is 5.75 Å². The van der Waals surface area contributed by atoms with Crippen LogP contribution in [0.2, 0.25) is 0 Å². The van der Waals surface area contributed by atoms with Gasteiger partial charge in [0.15, 0.2) is 0 Å². The minimum Gasteiger partial charge on any atom is -0.495 e. The van der Waals surface area contributed by atoms with Crippen LogP contribution in [0.1, 0.15) is 31.2 Å². The number of hydrogen-bond donors (Lipinski definition) is 0. The lowest BCUT2D eigenvalue weighted by atomic mass is 10.1. The van der Waals surface area contributed by atoms with Crippen LogP contribution in [0.4, 0.5) is 11.4 Å². The van der Waals surface area contributed by atoms with Gasteiger partial charge in [-0.2, -0.15) is 0 Å². The van der Waals surface area contributed by atoms with E-state index in [1.165, 1.54) is 0 Å². The van der Waals surface area contributed by atoms with E-state index in [-0.39, 0.29) is 18.4 Å². The Morgan fingerprint density at radius 3 is 2.48 bits per heavy atom. The summed E-state index contributed by atoms with van der Waals surface area (Å²) >= 11 is 0. The molecule has 2 aromatic rings. The first-order valence-corrected chi connectivity index (χ1v) is 14.3. The summed E-state index contributed by atoms with van der Waals surface area (Å²) in [5, 5.41) is 0. The number of rotatable bonds is 8.